The number of ether oxygens (including phenoxy) is 1. The van der Waals surface area contributed by atoms with Crippen molar-refractivity contribution in [3.8, 4) is 0 Å². The van der Waals surface area contributed by atoms with Gasteiger partial charge in [0.05, 0.1) is 12.2 Å². The Balaban J connectivity index is 1.46. The number of aromatic nitrogens is 1. The van der Waals surface area contributed by atoms with E-state index in [1.807, 2.05) is 6.92 Å². The molecule has 0 fully saturated rings. The third-order valence-electron chi connectivity index (χ3n) is 3.64. The molecule has 0 aliphatic carbocycles. The fraction of sp³-hybridized carbons (Fsp3) is 0.200. The van der Waals surface area contributed by atoms with Crippen LogP contribution >= 0.6 is 11.6 Å². The van der Waals surface area contributed by atoms with Crippen molar-refractivity contribution in [3.05, 3.63) is 58.9 Å². The molecule has 0 aliphatic rings. The molecule has 3 aromatic rings. The van der Waals surface area contributed by atoms with Gasteiger partial charge in [-0.1, -0.05) is 23.7 Å². The van der Waals surface area contributed by atoms with Gasteiger partial charge in [-0.15, -0.1) is 0 Å². The standard InChI is InChI=1S/C20H18ClN3O5/c1-2-9-27-20(26)13-3-6-15(7-4-13)23-18(25)12-28-22-11-19-24-16-10-14(21)5-8-17(16)29-19/h3-8,10-11H,2,9,12H2,1H3,(H,23,25)/b22-11+. The molecule has 9 heteroatoms. The molecule has 8 nitrogen and oxygen atoms in total. The van der Waals surface area contributed by atoms with Gasteiger partial charge in [0.15, 0.2) is 12.2 Å². The Labute approximate surface area is 171 Å². The molecule has 0 bridgehead atoms. The predicted molar refractivity (Wildman–Crippen MR) is 108 cm³/mol. The van der Waals surface area contributed by atoms with Gasteiger partial charge in [0.2, 0.25) is 5.89 Å². The van der Waals surface area contributed by atoms with E-state index in [4.69, 9.17) is 25.6 Å². The van der Waals surface area contributed by atoms with Crippen LogP contribution in [0.1, 0.15) is 29.6 Å². The molecule has 0 radical (unpaired) electrons. The number of carbonyl (C=O) groups is 2. The largest absolute Gasteiger partial charge is 0.462 e. The van der Waals surface area contributed by atoms with Crippen LogP contribution in [0.25, 0.3) is 11.1 Å². The zero-order chi connectivity index (χ0) is 20.6. The summed E-state index contributed by atoms with van der Waals surface area (Å²) < 4.78 is 10.5. The van der Waals surface area contributed by atoms with Gasteiger partial charge in [0, 0.05) is 10.7 Å². The molecule has 1 amide bonds. The number of anilines is 1. The third-order valence-corrected chi connectivity index (χ3v) is 3.88. The SMILES string of the molecule is CCCOC(=O)c1ccc(NC(=O)CO/N=C/c2nc3cc(Cl)ccc3o2)cc1. The maximum absolute atomic E-state index is 11.9. The zero-order valence-electron chi connectivity index (χ0n) is 15.6. The first-order valence-corrected chi connectivity index (χ1v) is 9.21. The summed E-state index contributed by atoms with van der Waals surface area (Å²) in [6, 6.07) is 11.4. The minimum atomic E-state index is -0.409. The summed E-state index contributed by atoms with van der Waals surface area (Å²) in [5.41, 5.74) is 2.09. The molecule has 2 aromatic carbocycles. The highest BCUT2D eigenvalue weighted by molar-refractivity contribution is 6.31. The first kappa shape index (κ1) is 20.3. The number of esters is 1. The van der Waals surface area contributed by atoms with E-state index in [1.54, 1.807) is 42.5 Å². The van der Waals surface area contributed by atoms with E-state index in [1.165, 1.54) is 6.21 Å². The number of oxime groups is 1. The molecule has 1 N–H and O–H groups in total. The van der Waals surface area contributed by atoms with E-state index < -0.39 is 11.9 Å². The number of hydrogen-bond donors (Lipinski definition) is 1. The molecule has 0 saturated carbocycles. The smallest absolute Gasteiger partial charge is 0.338 e. The number of oxazole rings is 1. The molecule has 3 rings (SSSR count). The zero-order valence-corrected chi connectivity index (χ0v) is 16.3. The minimum absolute atomic E-state index is 0.230. The molecule has 0 unspecified atom stereocenters. The Morgan fingerprint density at radius 1 is 1.24 bits per heavy atom. The van der Waals surface area contributed by atoms with Gasteiger partial charge in [-0.2, -0.15) is 0 Å². The van der Waals surface area contributed by atoms with E-state index in [9.17, 15) is 9.59 Å². The highest BCUT2D eigenvalue weighted by atomic mass is 35.5. The maximum Gasteiger partial charge on any atom is 0.338 e. The van der Waals surface area contributed by atoms with Crippen LogP contribution in [-0.4, -0.2) is 36.3 Å². The van der Waals surface area contributed by atoms with Crippen LogP contribution in [0.15, 0.2) is 52.0 Å². The lowest BCUT2D eigenvalue weighted by Gasteiger charge is -2.06. The lowest BCUT2D eigenvalue weighted by atomic mass is 10.2. The Bertz CT molecular complexity index is 1030. The number of benzene rings is 2. The van der Waals surface area contributed by atoms with Gasteiger partial charge in [-0.3, -0.25) is 4.79 Å². The molecule has 1 aromatic heterocycles. The van der Waals surface area contributed by atoms with Crippen molar-refractivity contribution in [2.24, 2.45) is 5.16 Å². The molecule has 1 heterocycles. The van der Waals surface area contributed by atoms with Crippen LogP contribution in [0, 0.1) is 0 Å². The summed E-state index contributed by atoms with van der Waals surface area (Å²) in [7, 11) is 0. The maximum atomic E-state index is 11.9. The van der Waals surface area contributed by atoms with Crippen molar-refractivity contribution in [2.75, 3.05) is 18.5 Å². The topological polar surface area (TPSA) is 103 Å². The first-order valence-electron chi connectivity index (χ1n) is 8.83. The average molecular weight is 416 g/mol. The highest BCUT2D eigenvalue weighted by Crippen LogP contribution is 2.19. The Morgan fingerprint density at radius 3 is 2.79 bits per heavy atom. The van der Waals surface area contributed by atoms with Crippen molar-refractivity contribution in [2.45, 2.75) is 13.3 Å². The lowest BCUT2D eigenvalue weighted by Crippen LogP contribution is -2.17. The third kappa shape index (κ3) is 5.79. The van der Waals surface area contributed by atoms with Gasteiger partial charge in [0.25, 0.3) is 5.91 Å². The van der Waals surface area contributed by atoms with Crippen LogP contribution in [0.2, 0.25) is 5.02 Å². The fourth-order valence-corrected chi connectivity index (χ4v) is 2.48. The summed E-state index contributed by atoms with van der Waals surface area (Å²) >= 11 is 5.89. The van der Waals surface area contributed by atoms with Crippen molar-refractivity contribution in [1.82, 2.24) is 4.98 Å². The second-order valence-electron chi connectivity index (χ2n) is 5.93. The number of halogens is 1. The molecule has 150 valence electrons. The second kappa shape index (κ2) is 9.70. The predicted octanol–water partition coefficient (Wildman–Crippen LogP) is 4.04. The summed E-state index contributed by atoms with van der Waals surface area (Å²) in [4.78, 5) is 32.8. The molecule has 0 atom stereocenters. The average Bonchev–Trinajstić information content (AvgIpc) is 3.12. The van der Waals surface area contributed by atoms with E-state index in [0.29, 0.717) is 34.0 Å². The summed E-state index contributed by atoms with van der Waals surface area (Å²) in [5.74, 6) is -0.579. The molecule has 0 aliphatic heterocycles. The summed E-state index contributed by atoms with van der Waals surface area (Å²) in [6.07, 6.45) is 2.01. The number of rotatable bonds is 8. The minimum Gasteiger partial charge on any atom is -0.462 e. The van der Waals surface area contributed by atoms with Crippen molar-refractivity contribution in [1.29, 1.82) is 0 Å². The highest BCUT2D eigenvalue weighted by Gasteiger charge is 2.08. The van der Waals surface area contributed by atoms with Crippen LogP contribution in [0.3, 0.4) is 0 Å². The van der Waals surface area contributed by atoms with E-state index in [0.717, 1.165) is 6.42 Å². The molecule has 0 spiro atoms. The van der Waals surface area contributed by atoms with Crippen molar-refractivity contribution in [3.63, 3.8) is 0 Å². The Morgan fingerprint density at radius 2 is 2.03 bits per heavy atom. The second-order valence-corrected chi connectivity index (χ2v) is 6.37. The summed E-state index contributed by atoms with van der Waals surface area (Å²) in [5, 5.41) is 6.85. The first-order chi connectivity index (χ1) is 14.0. The number of amides is 1. The Kier molecular flexibility index (Phi) is 6.80. The number of nitrogens with one attached hydrogen (secondary N) is 1. The number of nitrogens with zero attached hydrogens (tertiary/aromatic N) is 2. The van der Waals surface area contributed by atoms with Crippen LogP contribution in [-0.2, 0) is 14.4 Å². The molecular weight excluding hydrogens is 398 g/mol. The monoisotopic (exact) mass is 415 g/mol. The lowest BCUT2D eigenvalue weighted by molar-refractivity contribution is -0.120. The van der Waals surface area contributed by atoms with Gasteiger partial charge in [-0.05, 0) is 48.9 Å². The van der Waals surface area contributed by atoms with E-state index >= 15 is 0 Å². The van der Waals surface area contributed by atoms with Crippen molar-refractivity contribution < 1.29 is 23.6 Å². The molecule has 29 heavy (non-hydrogen) atoms. The van der Waals surface area contributed by atoms with Gasteiger partial charge in [-0.25, -0.2) is 9.78 Å². The molecular formula is C20H18ClN3O5. The van der Waals surface area contributed by atoms with Crippen LogP contribution in [0.4, 0.5) is 5.69 Å². The molecule has 0 saturated heterocycles. The van der Waals surface area contributed by atoms with Crippen molar-refractivity contribution >= 4 is 46.5 Å². The van der Waals surface area contributed by atoms with E-state index in [2.05, 4.69) is 15.5 Å². The normalized spacial score (nSPS) is 11.0. The quantitative estimate of drug-likeness (QED) is 0.338. The number of carbonyl (C=O) groups excluding carboxylic acids is 2. The van der Waals surface area contributed by atoms with Gasteiger partial charge < -0.3 is 19.3 Å². The Hall–Kier alpha value is -3.39. The number of hydrogen-bond acceptors (Lipinski definition) is 7. The number of fused-ring (bicyclic) bond motifs is 1. The van der Waals surface area contributed by atoms with Crippen LogP contribution < -0.4 is 5.32 Å². The summed E-state index contributed by atoms with van der Waals surface area (Å²) in [6.45, 7) is 1.98. The van der Waals surface area contributed by atoms with E-state index in [-0.39, 0.29) is 12.5 Å². The van der Waals surface area contributed by atoms with Crippen LogP contribution in [0.5, 0.6) is 0 Å². The van der Waals surface area contributed by atoms with Gasteiger partial charge in [0.1, 0.15) is 11.7 Å². The van der Waals surface area contributed by atoms with Gasteiger partial charge >= 0.3 is 5.97 Å². The fourth-order valence-electron chi connectivity index (χ4n) is 2.32.